The van der Waals surface area contributed by atoms with Gasteiger partial charge in [0, 0.05) is 43.8 Å². The third-order valence-electron chi connectivity index (χ3n) is 4.28. The quantitative estimate of drug-likeness (QED) is 0.777. The zero-order chi connectivity index (χ0) is 19.2. The Labute approximate surface area is 159 Å². The van der Waals surface area contributed by atoms with E-state index in [1.54, 1.807) is 12.3 Å². The van der Waals surface area contributed by atoms with Crippen LogP contribution in [-0.2, 0) is 0 Å². The number of methoxy groups -OCH3 is 1. The van der Waals surface area contributed by atoms with E-state index >= 15 is 0 Å². The molecule has 0 spiro atoms. The molecule has 7 heteroatoms. The van der Waals surface area contributed by atoms with Crippen LogP contribution in [0.1, 0.15) is 37.0 Å². The van der Waals surface area contributed by atoms with Crippen LogP contribution < -0.4 is 14.2 Å². The highest BCUT2D eigenvalue weighted by atomic mass is 16.5. The number of hydrogen-bond donors (Lipinski definition) is 0. The maximum absolute atomic E-state index is 12.7. The van der Waals surface area contributed by atoms with Gasteiger partial charge in [-0.05, 0) is 38.1 Å². The Kier molecular flexibility index (Phi) is 6.11. The summed E-state index contributed by atoms with van der Waals surface area (Å²) in [5.41, 5.74) is 0.672. The van der Waals surface area contributed by atoms with Gasteiger partial charge in [-0.15, -0.1) is 0 Å². The minimum absolute atomic E-state index is 0.0236. The van der Waals surface area contributed by atoms with E-state index in [1.807, 2.05) is 43.0 Å². The van der Waals surface area contributed by atoms with Gasteiger partial charge in [-0.25, -0.2) is 4.98 Å². The molecule has 1 fully saturated rings. The van der Waals surface area contributed by atoms with Gasteiger partial charge in [0.25, 0.3) is 5.91 Å². The smallest absolute Gasteiger partial charge is 0.319 e. The number of nitrogens with zero attached hydrogens (tertiary/aromatic N) is 3. The van der Waals surface area contributed by atoms with Gasteiger partial charge in [0.05, 0.1) is 13.2 Å². The van der Waals surface area contributed by atoms with Crippen molar-refractivity contribution >= 4 is 5.91 Å². The first-order valence-electron chi connectivity index (χ1n) is 9.15. The largest absolute Gasteiger partial charge is 0.491 e. The van der Waals surface area contributed by atoms with E-state index in [-0.39, 0.29) is 24.1 Å². The van der Waals surface area contributed by atoms with E-state index in [0.29, 0.717) is 24.5 Å². The minimum atomic E-state index is 0.0236. The number of piperidine rings is 1. The van der Waals surface area contributed by atoms with E-state index in [9.17, 15) is 4.79 Å². The molecule has 27 heavy (non-hydrogen) atoms. The highest BCUT2D eigenvalue weighted by Gasteiger charge is 2.25. The summed E-state index contributed by atoms with van der Waals surface area (Å²) in [5, 5.41) is 0. The fourth-order valence-corrected chi connectivity index (χ4v) is 2.97. The minimum Gasteiger partial charge on any atom is -0.491 e. The highest BCUT2D eigenvalue weighted by molar-refractivity contribution is 5.94. The zero-order valence-corrected chi connectivity index (χ0v) is 15.9. The lowest BCUT2D eigenvalue weighted by Gasteiger charge is -2.32. The molecule has 0 N–H and O–H groups in total. The Morgan fingerprint density at radius 2 is 1.85 bits per heavy atom. The van der Waals surface area contributed by atoms with Gasteiger partial charge in [-0.1, -0.05) is 0 Å². The first-order chi connectivity index (χ1) is 13.0. The van der Waals surface area contributed by atoms with E-state index < -0.39 is 0 Å². The number of rotatable bonds is 6. The molecule has 3 rings (SSSR count). The van der Waals surface area contributed by atoms with Crippen LogP contribution in [0.4, 0.5) is 0 Å². The second-order valence-electron chi connectivity index (χ2n) is 6.68. The van der Waals surface area contributed by atoms with Crippen molar-refractivity contribution in [2.24, 2.45) is 0 Å². The summed E-state index contributed by atoms with van der Waals surface area (Å²) >= 11 is 0. The molecule has 1 aromatic carbocycles. The lowest BCUT2D eigenvalue weighted by atomic mass is 10.1. The third-order valence-corrected chi connectivity index (χ3v) is 4.28. The molecule has 7 nitrogen and oxygen atoms in total. The predicted molar refractivity (Wildman–Crippen MR) is 100 cm³/mol. The molecule has 0 unspecified atom stereocenters. The fraction of sp³-hybridized carbons (Fsp3) is 0.450. The van der Waals surface area contributed by atoms with Crippen molar-refractivity contribution in [3.63, 3.8) is 0 Å². The standard InChI is InChI=1S/C20H25N3O4/c1-14(2)26-16-6-4-15(5-7-16)19(24)23-12-9-17(10-13-23)27-18-8-11-21-20(22-18)25-3/h4-8,11,14,17H,9-10,12-13H2,1-3H3. The van der Waals surface area contributed by atoms with E-state index in [2.05, 4.69) is 9.97 Å². The molecular weight excluding hydrogens is 346 g/mol. The molecule has 2 heterocycles. The van der Waals surface area contributed by atoms with Gasteiger partial charge in [-0.2, -0.15) is 4.98 Å². The van der Waals surface area contributed by atoms with Crippen LogP contribution in [0, 0.1) is 0 Å². The molecule has 0 atom stereocenters. The fourth-order valence-electron chi connectivity index (χ4n) is 2.97. The predicted octanol–water partition coefficient (Wildman–Crippen LogP) is 2.96. The Balaban J connectivity index is 1.53. The number of benzene rings is 1. The number of hydrogen-bond acceptors (Lipinski definition) is 6. The van der Waals surface area contributed by atoms with Gasteiger partial charge in [-0.3, -0.25) is 4.79 Å². The number of aromatic nitrogens is 2. The summed E-state index contributed by atoms with van der Waals surface area (Å²) < 4.78 is 16.5. The molecular formula is C20H25N3O4. The topological polar surface area (TPSA) is 73.8 Å². The van der Waals surface area contributed by atoms with Crippen molar-refractivity contribution in [2.75, 3.05) is 20.2 Å². The number of amides is 1. The summed E-state index contributed by atoms with van der Waals surface area (Å²) in [4.78, 5) is 22.7. The Morgan fingerprint density at radius 3 is 2.48 bits per heavy atom. The van der Waals surface area contributed by atoms with Crippen LogP contribution in [0.25, 0.3) is 0 Å². The maximum Gasteiger partial charge on any atom is 0.319 e. The normalized spacial score (nSPS) is 14.9. The lowest BCUT2D eigenvalue weighted by Crippen LogP contribution is -2.41. The van der Waals surface area contributed by atoms with Gasteiger partial charge >= 0.3 is 6.01 Å². The summed E-state index contributed by atoms with van der Waals surface area (Å²) in [5.74, 6) is 1.30. The van der Waals surface area contributed by atoms with Gasteiger partial charge < -0.3 is 19.1 Å². The molecule has 144 valence electrons. The van der Waals surface area contributed by atoms with Crippen molar-refractivity contribution in [1.29, 1.82) is 0 Å². The molecule has 1 aliphatic rings. The molecule has 2 aromatic rings. The molecule has 1 aromatic heterocycles. The van der Waals surface area contributed by atoms with Crippen LogP contribution in [0.15, 0.2) is 36.5 Å². The zero-order valence-electron chi connectivity index (χ0n) is 15.9. The van der Waals surface area contributed by atoms with Crippen molar-refractivity contribution in [1.82, 2.24) is 14.9 Å². The van der Waals surface area contributed by atoms with Crippen LogP contribution in [0.2, 0.25) is 0 Å². The van der Waals surface area contributed by atoms with Gasteiger partial charge in [0.1, 0.15) is 11.9 Å². The second kappa shape index (κ2) is 8.70. The average Bonchev–Trinajstić information content (AvgIpc) is 2.68. The molecule has 0 saturated carbocycles. The Hall–Kier alpha value is -2.83. The molecule has 1 aliphatic heterocycles. The van der Waals surface area contributed by atoms with Gasteiger partial charge in [0.2, 0.25) is 5.88 Å². The highest BCUT2D eigenvalue weighted by Crippen LogP contribution is 2.21. The van der Waals surface area contributed by atoms with E-state index in [0.717, 1.165) is 18.6 Å². The monoisotopic (exact) mass is 371 g/mol. The Bertz CT molecular complexity index is 756. The molecule has 0 radical (unpaired) electrons. The summed E-state index contributed by atoms with van der Waals surface area (Å²) in [6, 6.07) is 9.30. The lowest BCUT2D eigenvalue weighted by molar-refractivity contribution is 0.0586. The van der Waals surface area contributed by atoms with E-state index in [4.69, 9.17) is 14.2 Å². The molecule has 0 aliphatic carbocycles. The second-order valence-corrected chi connectivity index (χ2v) is 6.68. The maximum atomic E-state index is 12.7. The Morgan fingerprint density at radius 1 is 1.15 bits per heavy atom. The molecule has 0 bridgehead atoms. The number of carbonyl (C=O) groups is 1. The molecule has 1 amide bonds. The van der Waals surface area contributed by atoms with Crippen LogP contribution in [0.3, 0.4) is 0 Å². The first kappa shape index (κ1) is 18.9. The number of carbonyl (C=O) groups excluding carboxylic acids is 1. The summed E-state index contributed by atoms with van der Waals surface area (Å²) in [6.07, 6.45) is 3.25. The SMILES string of the molecule is COc1nccc(OC2CCN(C(=O)c3ccc(OC(C)C)cc3)CC2)n1. The number of ether oxygens (including phenoxy) is 3. The third kappa shape index (κ3) is 5.09. The summed E-state index contributed by atoms with van der Waals surface area (Å²) in [6.45, 7) is 5.25. The van der Waals surface area contributed by atoms with Crippen molar-refractivity contribution in [3.8, 4) is 17.6 Å². The van der Waals surface area contributed by atoms with Crippen LogP contribution >= 0.6 is 0 Å². The molecule has 1 saturated heterocycles. The van der Waals surface area contributed by atoms with Crippen molar-refractivity contribution in [2.45, 2.75) is 38.9 Å². The van der Waals surface area contributed by atoms with Gasteiger partial charge in [0.15, 0.2) is 0 Å². The van der Waals surface area contributed by atoms with Crippen molar-refractivity contribution in [3.05, 3.63) is 42.1 Å². The van der Waals surface area contributed by atoms with Crippen LogP contribution in [0.5, 0.6) is 17.6 Å². The number of likely N-dealkylation sites (tertiary alicyclic amines) is 1. The first-order valence-corrected chi connectivity index (χ1v) is 9.15. The van der Waals surface area contributed by atoms with E-state index in [1.165, 1.54) is 7.11 Å². The van der Waals surface area contributed by atoms with Crippen LogP contribution in [-0.4, -0.2) is 53.2 Å². The van der Waals surface area contributed by atoms with Crippen molar-refractivity contribution < 1.29 is 19.0 Å². The summed E-state index contributed by atoms with van der Waals surface area (Å²) in [7, 11) is 1.52. The average molecular weight is 371 g/mol.